The van der Waals surface area contributed by atoms with Crippen LogP contribution in [-0.4, -0.2) is 0 Å². The molecule has 0 amide bonds. The Hall–Kier alpha value is -1.50. The summed E-state index contributed by atoms with van der Waals surface area (Å²) in [6.07, 6.45) is -1.10. The Morgan fingerprint density at radius 3 is 2.16 bits per heavy atom. The summed E-state index contributed by atoms with van der Waals surface area (Å²) in [6, 6.07) is 7.36. The van der Waals surface area contributed by atoms with Gasteiger partial charge in [0.15, 0.2) is 0 Å². The minimum Gasteiger partial charge on any atom is -0.198 e. The van der Waals surface area contributed by atoms with E-state index in [9.17, 15) is 18.4 Å². The van der Waals surface area contributed by atoms with Gasteiger partial charge in [0.05, 0.1) is 17.0 Å². The van der Waals surface area contributed by atoms with E-state index in [1.165, 1.54) is 12.1 Å². The molecule has 4 heteroatoms. The van der Waals surface area contributed by atoms with Crippen LogP contribution in [0.25, 0.3) is 0 Å². The van der Waals surface area contributed by atoms with Gasteiger partial charge < -0.3 is 0 Å². The fourth-order valence-electron chi connectivity index (χ4n) is 2.01. The number of benzene rings is 1. The SMILES string of the molecule is CCCCC(C)(C#N)Cc1ccc(C(F)(F)F)cc1. The molecule has 0 fully saturated rings. The number of nitrogens with zero attached hydrogens (tertiary/aromatic N) is 1. The first-order chi connectivity index (χ1) is 8.80. The van der Waals surface area contributed by atoms with Crippen molar-refractivity contribution >= 4 is 0 Å². The topological polar surface area (TPSA) is 23.8 Å². The van der Waals surface area contributed by atoms with E-state index < -0.39 is 17.2 Å². The molecule has 0 aromatic heterocycles. The summed E-state index contributed by atoms with van der Waals surface area (Å²) in [6.45, 7) is 3.91. The zero-order valence-electron chi connectivity index (χ0n) is 11.2. The average molecular weight is 269 g/mol. The summed E-state index contributed by atoms with van der Waals surface area (Å²) >= 11 is 0. The van der Waals surface area contributed by atoms with Crippen LogP contribution in [0.1, 0.15) is 44.2 Å². The van der Waals surface area contributed by atoms with E-state index in [1.54, 1.807) is 0 Å². The molecule has 0 aliphatic rings. The van der Waals surface area contributed by atoms with Crippen LogP contribution in [0.15, 0.2) is 24.3 Å². The van der Waals surface area contributed by atoms with E-state index in [0.29, 0.717) is 6.42 Å². The lowest BCUT2D eigenvalue weighted by Gasteiger charge is -2.21. The molecule has 0 radical (unpaired) electrons. The minimum atomic E-state index is -4.31. The molecule has 0 saturated carbocycles. The highest BCUT2D eigenvalue weighted by Gasteiger charge is 2.30. The average Bonchev–Trinajstić information content (AvgIpc) is 2.36. The van der Waals surface area contributed by atoms with Crippen molar-refractivity contribution in [3.63, 3.8) is 0 Å². The first-order valence-electron chi connectivity index (χ1n) is 6.38. The van der Waals surface area contributed by atoms with Crippen LogP contribution in [-0.2, 0) is 12.6 Å². The molecule has 0 saturated heterocycles. The molecular formula is C15H18F3N. The fourth-order valence-corrected chi connectivity index (χ4v) is 2.01. The Morgan fingerprint density at radius 1 is 1.16 bits per heavy atom. The van der Waals surface area contributed by atoms with Crippen molar-refractivity contribution in [3.8, 4) is 6.07 Å². The van der Waals surface area contributed by atoms with E-state index in [-0.39, 0.29) is 0 Å². The molecule has 1 atom stereocenters. The second kappa shape index (κ2) is 6.10. The first-order valence-corrected chi connectivity index (χ1v) is 6.38. The molecule has 0 aliphatic heterocycles. The third kappa shape index (κ3) is 4.59. The van der Waals surface area contributed by atoms with Crippen LogP contribution in [0.3, 0.4) is 0 Å². The number of hydrogen-bond acceptors (Lipinski definition) is 1. The predicted octanol–water partition coefficient (Wildman–Crippen LogP) is 4.97. The second-order valence-corrected chi connectivity index (χ2v) is 5.15. The van der Waals surface area contributed by atoms with Gasteiger partial charge in [0.2, 0.25) is 0 Å². The quantitative estimate of drug-likeness (QED) is 0.740. The molecule has 0 N–H and O–H groups in total. The third-order valence-corrected chi connectivity index (χ3v) is 3.23. The number of alkyl halides is 3. The molecule has 0 aliphatic carbocycles. The zero-order chi connectivity index (χ0) is 14.5. The molecule has 104 valence electrons. The Bertz CT molecular complexity index is 442. The molecule has 0 spiro atoms. The standard InChI is InChI=1S/C15H18F3N/c1-3-4-9-14(2,11-19)10-12-5-7-13(8-6-12)15(16,17)18/h5-8H,3-4,9-10H2,1-2H3. The highest BCUT2D eigenvalue weighted by molar-refractivity contribution is 5.26. The van der Waals surface area contributed by atoms with E-state index in [4.69, 9.17) is 0 Å². The van der Waals surface area contributed by atoms with Crippen LogP contribution >= 0.6 is 0 Å². The largest absolute Gasteiger partial charge is 0.416 e. The van der Waals surface area contributed by atoms with E-state index in [1.807, 2.05) is 6.92 Å². The van der Waals surface area contributed by atoms with Gasteiger partial charge in [0, 0.05) is 0 Å². The van der Waals surface area contributed by atoms with Crippen molar-refractivity contribution in [2.45, 2.75) is 45.7 Å². The van der Waals surface area contributed by atoms with Crippen molar-refractivity contribution in [1.82, 2.24) is 0 Å². The monoisotopic (exact) mass is 269 g/mol. The zero-order valence-corrected chi connectivity index (χ0v) is 11.2. The molecule has 1 nitrogen and oxygen atoms in total. The van der Waals surface area contributed by atoms with Crippen LogP contribution < -0.4 is 0 Å². The lowest BCUT2D eigenvalue weighted by atomic mass is 9.80. The molecule has 1 aromatic rings. The van der Waals surface area contributed by atoms with Gasteiger partial charge in [-0.2, -0.15) is 18.4 Å². The van der Waals surface area contributed by atoms with Gasteiger partial charge in [0.1, 0.15) is 0 Å². The van der Waals surface area contributed by atoms with Crippen molar-refractivity contribution in [2.24, 2.45) is 5.41 Å². The Morgan fingerprint density at radius 2 is 1.74 bits per heavy atom. The molecule has 19 heavy (non-hydrogen) atoms. The van der Waals surface area contributed by atoms with Gasteiger partial charge in [-0.25, -0.2) is 0 Å². The number of nitriles is 1. The summed E-state index contributed by atoms with van der Waals surface area (Å²) in [5, 5.41) is 9.23. The maximum absolute atomic E-state index is 12.4. The van der Waals surface area contributed by atoms with Gasteiger partial charge in [-0.1, -0.05) is 31.9 Å². The van der Waals surface area contributed by atoms with Gasteiger partial charge >= 0.3 is 6.18 Å². The Labute approximate surface area is 112 Å². The summed E-state index contributed by atoms with van der Waals surface area (Å²) in [5.74, 6) is 0. The number of hydrogen-bond donors (Lipinski definition) is 0. The fraction of sp³-hybridized carbons (Fsp3) is 0.533. The minimum absolute atomic E-state index is 0.488. The molecule has 1 unspecified atom stereocenters. The van der Waals surface area contributed by atoms with Crippen molar-refractivity contribution in [1.29, 1.82) is 5.26 Å². The van der Waals surface area contributed by atoms with E-state index in [2.05, 4.69) is 13.0 Å². The highest BCUT2D eigenvalue weighted by Crippen LogP contribution is 2.31. The first kappa shape index (κ1) is 15.6. The summed E-state index contributed by atoms with van der Waals surface area (Å²) < 4.78 is 37.3. The normalized spacial score (nSPS) is 14.7. The smallest absolute Gasteiger partial charge is 0.198 e. The number of halogens is 3. The lowest BCUT2D eigenvalue weighted by molar-refractivity contribution is -0.137. The predicted molar refractivity (Wildman–Crippen MR) is 68.4 cm³/mol. The van der Waals surface area contributed by atoms with Crippen molar-refractivity contribution in [3.05, 3.63) is 35.4 Å². The van der Waals surface area contributed by atoms with E-state index in [0.717, 1.165) is 37.0 Å². The molecule has 0 heterocycles. The Kier molecular flexibility index (Phi) is 4.99. The summed E-state index contributed by atoms with van der Waals surface area (Å²) in [7, 11) is 0. The van der Waals surface area contributed by atoms with Gasteiger partial charge in [-0.05, 0) is 37.5 Å². The molecular weight excluding hydrogens is 251 g/mol. The summed E-state index contributed by atoms with van der Waals surface area (Å²) in [4.78, 5) is 0. The summed E-state index contributed by atoms with van der Waals surface area (Å²) in [5.41, 5.74) is -0.382. The highest BCUT2D eigenvalue weighted by atomic mass is 19.4. The molecule has 1 rings (SSSR count). The number of unbranched alkanes of at least 4 members (excludes halogenated alkanes) is 1. The maximum atomic E-state index is 12.4. The van der Waals surface area contributed by atoms with Crippen molar-refractivity contribution < 1.29 is 13.2 Å². The van der Waals surface area contributed by atoms with E-state index >= 15 is 0 Å². The van der Waals surface area contributed by atoms with Crippen LogP contribution in [0.5, 0.6) is 0 Å². The molecule has 0 bridgehead atoms. The third-order valence-electron chi connectivity index (χ3n) is 3.23. The number of rotatable bonds is 5. The lowest BCUT2D eigenvalue weighted by Crippen LogP contribution is -2.17. The second-order valence-electron chi connectivity index (χ2n) is 5.15. The van der Waals surface area contributed by atoms with Gasteiger partial charge in [-0.15, -0.1) is 0 Å². The maximum Gasteiger partial charge on any atom is 0.416 e. The van der Waals surface area contributed by atoms with Crippen LogP contribution in [0, 0.1) is 16.7 Å². The Balaban J connectivity index is 2.79. The van der Waals surface area contributed by atoms with Gasteiger partial charge in [0.25, 0.3) is 0 Å². The molecule has 1 aromatic carbocycles. The van der Waals surface area contributed by atoms with Crippen LogP contribution in [0.4, 0.5) is 13.2 Å². The van der Waals surface area contributed by atoms with Crippen LogP contribution in [0.2, 0.25) is 0 Å². The van der Waals surface area contributed by atoms with Gasteiger partial charge in [-0.3, -0.25) is 0 Å². The van der Waals surface area contributed by atoms with Crippen molar-refractivity contribution in [2.75, 3.05) is 0 Å².